The van der Waals surface area contributed by atoms with Crippen molar-refractivity contribution in [2.75, 3.05) is 19.6 Å². The molecule has 1 nitrogen and oxygen atoms in total. The Morgan fingerprint density at radius 3 is 0.522 bits per heavy atom. The molecule has 4 aromatic rings. The zero-order valence-electron chi connectivity index (χ0n) is 50.3. The van der Waals surface area contributed by atoms with E-state index in [4.69, 9.17) is 0 Å². The number of hydrogen-bond acceptors (Lipinski definition) is 0. The van der Waals surface area contributed by atoms with Crippen molar-refractivity contribution in [2.45, 2.75) is 231 Å². The van der Waals surface area contributed by atoms with Crippen LogP contribution in [0.25, 0.3) is 0 Å². The van der Waals surface area contributed by atoms with E-state index in [0.717, 1.165) is 51.4 Å². The van der Waals surface area contributed by atoms with E-state index in [1.807, 2.05) is 0 Å². The fraction of sp³-hybridized carbons (Fsp3) is 0.619. The molecule has 0 unspecified atom stereocenters. The average Bonchev–Trinajstić information content (AvgIpc) is 0.684. The molecule has 90 heavy (non-hydrogen) atoms. The lowest BCUT2D eigenvalue weighted by Gasteiger charge is -2.44. The molecular formula is C63H77BF25N. The SMILES string of the molecule is CCCCCCCCCCCCCCCCCC[NH+](CCCCCCCCCCCCCCCCCC)CC(F)(F)C(F)(F)F.Fc1c(F)c(F)c([B-](c2c(F)c(F)c(F)c(F)c2F)(c2c(F)c(F)c(F)c(F)c2F)c2c(F)c(F)c(F)c(F)c2F)c(F)c1F. The van der Waals surface area contributed by atoms with Crippen molar-refractivity contribution in [1.82, 2.24) is 0 Å². The van der Waals surface area contributed by atoms with Gasteiger partial charge in [0.2, 0.25) is 0 Å². The summed E-state index contributed by atoms with van der Waals surface area (Å²) in [5, 5.41) is 0. The Morgan fingerprint density at radius 2 is 0.367 bits per heavy atom. The molecule has 4 aromatic carbocycles. The van der Waals surface area contributed by atoms with Crippen molar-refractivity contribution >= 4 is 28.0 Å². The maximum absolute atomic E-state index is 15.4. The first-order valence-electron chi connectivity index (χ1n) is 31.0. The zero-order valence-corrected chi connectivity index (χ0v) is 50.3. The van der Waals surface area contributed by atoms with Crippen molar-refractivity contribution in [2.24, 2.45) is 0 Å². The van der Waals surface area contributed by atoms with Gasteiger partial charge in [0.15, 0.2) is 76.4 Å². The minimum atomic E-state index is -7.22. The molecule has 0 aliphatic rings. The van der Waals surface area contributed by atoms with E-state index < -0.39 is 163 Å². The van der Waals surface area contributed by atoms with Gasteiger partial charge in [-0.2, -0.15) is 22.0 Å². The van der Waals surface area contributed by atoms with Crippen molar-refractivity contribution in [3.05, 3.63) is 116 Å². The Labute approximate surface area is 508 Å². The van der Waals surface area contributed by atoms with Crippen LogP contribution in [0.1, 0.15) is 219 Å². The van der Waals surface area contributed by atoms with E-state index in [9.17, 15) is 74.6 Å². The largest absolute Gasteiger partial charge is 0.459 e. The Balaban J connectivity index is 0.000000470. The fourth-order valence-corrected chi connectivity index (χ4v) is 11.4. The Bertz CT molecular complexity index is 2440. The molecule has 512 valence electrons. The van der Waals surface area contributed by atoms with Crippen LogP contribution in [0.3, 0.4) is 0 Å². The van der Waals surface area contributed by atoms with E-state index in [0.29, 0.717) is 18.0 Å². The van der Waals surface area contributed by atoms with Gasteiger partial charge in [0.05, 0.1) is 13.1 Å². The molecule has 0 aliphatic heterocycles. The third kappa shape index (κ3) is 20.6. The second kappa shape index (κ2) is 38.4. The van der Waals surface area contributed by atoms with E-state index in [1.54, 1.807) is 0 Å². The van der Waals surface area contributed by atoms with E-state index >= 15 is 35.1 Å². The maximum atomic E-state index is 15.4. The second-order valence-corrected chi connectivity index (χ2v) is 23.0. The first kappa shape index (κ1) is 79.4. The molecule has 0 saturated heterocycles. The van der Waals surface area contributed by atoms with Gasteiger partial charge in [-0.15, -0.1) is 21.9 Å². The average molecular weight is 1330 g/mol. The van der Waals surface area contributed by atoms with Gasteiger partial charge in [0, 0.05) is 0 Å². The smallest absolute Gasteiger partial charge is 0.330 e. The van der Waals surface area contributed by atoms with Gasteiger partial charge in [0.1, 0.15) is 52.7 Å². The van der Waals surface area contributed by atoms with Gasteiger partial charge in [-0.25, -0.2) is 87.8 Å². The van der Waals surface area contributed by atoms with Crippen LogP contribution in [0.15, 0.2) is 0 Å². The van der Waals surface area contributed by atoms with Crippen molar-refractivity contribution in [1.29, 1.82) is 0 Å². The molecule has 0 radical (unpaired) electrons. The summed E-state index contributed by atoms with van der Waals surface area (Å²) in [5.74, 6) is -76.0. The van der Waals surface area contributed by atoms with Gasteiger partial charge >= 0.3 is 12.1 Å². The lowest BCUT2D eigenvalue weighted by atomic mass is 9.12. The second-order valence-electron chi connectivity index (χ2n) is 23.0. The summed E-state index contributed by atoms with van der Waals surface area (Å²) in [6, 6.07) is 0. The summed E-state index contributed by atoms with van der Waals surface area (Å²) < 4.78 is 360. The highest BCUT2D eigenvalue weighted by Crippen LogP contribution is 2.35. The molecule has 0 aliphatic carbocycles. The van der Waals surface area contributed by atoms with E-state index in [2.05, 4.69) is 13.8 Å². The Kier molecular flexibility index (Phi) is 33.8. The first-order chi connectivity index (χ1) is 42.4. The minimum absolute atomic E-state index is 0.419. The lowest BCUT2D eigenvalue weighted by molar-refractivity contribution is -0.910. The molecule has 1 N–H and O–H groups in total. The van der Waals surface area contributed by atoms with Gasteiger partial charge in [0.25, 0.3) is 0 Å². The molecule has 0 heterocycles. The monoisotopic (exact) mass is 1330 g/mol. The van der Waals surface area contributed by atoms with Gasteiger partial charge in [-0.1, -0.05) is 194 Å². The number of unbranched alkanes of at least 4 members (excludes halogenated alkanes) is 30. The van der Waals surface area contributed by atoms with Gasteiger partial charge in [-0.05, 0) is 25.7 Å². The highest BCUT2D eigenvalue weighted by molar-refractivity contribution is 7.20. The third-order valence-corrected chi connectivity index (χ3v) is 16.4. The number of hydrogen-bond donors (Lipinski definition) is 1. The number of quaternary nitrogens is 1. The normalized spacial score (nSPS) is 12.3. The summed E-state index contributed by atoms with van der Waals surface area (Å²) in [4.78, 5) is 0.424. The quantitative estimate of drug-likeness (QED) is 0.0149. The fourth-order valence-electron chi connectivity index (χ4n) is 11.4. The molecule has 0 atom stereocenters. The first-order valence-corrected chi connectivity index (χ1v) is 31.0. The van der Waals surface area contributed by atoms with Crippen LogP contribution in [0, 0.1) is 116 Å². The molecular weight excluding hydrogens is 1260 g/mol. The molecule has 0 spiro atoms. The predicted octanol–water partition coefficient (Wildman–Crippen LogP) is 19.4. The number of alkyl halides is 5. The van der Waals surface area contributed by atoms with Crippen LogP contribution < -0.4 is 26.8 Å². The summed E-state index contributed by atoms with van der Waals surface area (Å²) in [7, 11) is 0. The molecule has 4 rings (SSSR count). The molecule has 27 heteroatoms. The van der Waals surface area contributed by atoms with Crippen LogP contribution in [0.2, 0.25) is 0 Å². The summed E-state index contributed by atoms with van der Waals surface area (Å²) in [6.07, 6.45) is 27.0. The highest BCUT2D eigenvalue weighted by Gasteiger charge is 2.60. The van der Waals surface area contributed by atoms with Crippen LogP contribution in [-0.4, -0.2) is 37.9 Å². The molecule has 0 aromatic heterocycles. The van der Waals surface area contributed by atoms with Crippen LogP contribution in [0.5, 0.6) is 0 Å². The summed E-state index contributed by atoms with van der Waals surface area (Å²) >= 11 is 0. The molecule has 0 fully saturated rings. The summed E-state index contributed by atoms with van der Waals surface area (Å²) in [5.41, 5.74) is -14.3. The predicted molar refractivity (Wildman–Crippen MR) is 295 cm³/mol. The van der Waals surface area contributed by atoms with Crippen molar-refractivity contribution in [3.63, 3.8) is 0 Å². The number of nitrogens with one attached hydrogen (secondary N) is 1. The number of halogens is 25. The minimum Gasteiger partial charge on any atom is -0.330 e. The molecule has 0 amide bonds. The Hall–Kier alpha value is -4.85. The lowest BCUT2D eigenvalue weighted by Crippen LogP contribution is -3.14. The third-order valence-electron chi connectivity index (χ3n) is 16.4. The summed E-state index contributed by atoms with van der Waals surface area (Å²) in [6.45, 7) is 4.23. The number of benzene rings is 4. The standard InChI is InChI=1S/C39H76F5N.C24BF20/c1-3-5-7-9-11-13-15-17-19-21-23-25-27-29-31-33-35-45(37-38(40,41)39(42,43)44)36-34-32-30-28-26-24-22-20-18-16-14-12-10-8-6-4-2;26-5-1(6(27)14(35)21(42)13(5)34)25(2-7(28)15(36)22(43)16(37)8(2)29,3-9(30)17(38)23(44)18(39)10(3)31)4-11(32)19(40)24(45)20(41)12(4)33/h3-37H2,1-2H3;/q;-1/p+1. The number of rotatable bonds is 40. The van der Waals surface area contributed by atoms with Crippen LogP contribution in [0.4, 0.5) is 110 Å². The van der Waals surface area contributed by atoms with Crippen molar-refractivity contribution in [3.8, 4) is 0 Å². The van der Waals surface area contributed by atoms with Crippen LogP contribution in [-0.2, 0) is 0 Å². The van der Waals surface area contributed by atoms with Gasteiger partial charge < -0.3 is 4.90 Å². The van der Waals surface area contributed by atoms with Crippen LogP contribution >= 0.6 is 0 Å². The maximum Gasteiger partial charge on any atom is 0.459 e. The Morgan fingerprint density at radius 1 is 0.222 bits per heavy atom. The van der Waals surface area contributed by atoms with E-state index in [-0.39, 0.29) is 0 Å². The van der Waals surface area contributed by atoms with E-state index in [1.165, 1.54) is 154 Å². The highest BCUT2D eigenvalue weighted by atomic mass is 19.4. The van der Waals surface area contributed by atoms with Gasteiger partial charge in [-0.3, -0.25) is 0 Å². The zero-order chi connectivity index (χ0) is 67.7. The molecule has 0 bridgehead atoms. The van der Waals surface area contributed by atoms with Crippen molar-refractivity contribution < 1.29 is 115 Å². The topological polar surface area (TPSA) is 4.44 Å². The molecule has 0 saturated carbocycles.